The van der Waals surface area contributed by atoms with Crippen LogP contribution >= 0.6 is 0 Å². The average molecular weight is 500 g/mol. The number of fused-ring (bicyclic) bond motifs is 4. The largest absolute Gasteiger partial charge is 0.493 e. The fourth-order valence-electron chi connectivity index (χ4n) is 4.81. The highest BCUT2D eigenvalue weighted by Gasteiger charge is 2.22. The van der Waals surface area contributed by atoms with Gasteiger partial charge in [-0.05, 0) is 48.6 Å². The molecular formula is C29H33N5O3. The third kappa shape index (κ3) is 4.52. The van der Waals surface area contributed by atoms with Gasteiger partial charge in [0.2, 0.25) is 0 Å². The molecule has 0 unspecified atom stereocenters. The summed E-state index contributed by atoms with van der Waals surface area (Å²) in [6.45, 7) is 7.61. The number of benzene rings is 2. The number of aryl methyl sites for hydroxylation is 3. The number of ether oxygens (including phenoxy) is 2. The van der Waals surface area contributed by atoms with Crippen molar-refractivity contribution in [3.63, 3.8) is 0 Å². The lowest BCUT2D eigenvalue weighted by Gasteiger charge is -2.14. The second-order valence-corrected chi connectivity index (χ2v) is 9.70. The third-order valence-electron chi connectivity index (χ3n) is 6.85. The third-order valence-corrected chi connectivity index (χ3v) is 6.85. The molecule has 3 heterocycles. The quantitative estimate of drug-likeness (QED) is 0.278. The molecule has 0 atom stereocenters. The number of hydrogen-bond acceptors (Lipinski definition) is 6. The van der Waals surface area contributed by atoms with E-state index in [-0.39, 0.29) is 5.56 Å². The number of nitrogens with zero attached hydrogens (tertiary/aromatic N) is 5. The normalized spacial score (nSPS) is 11.7. The maximum atomic E-state index is 13.9. The van der Waals surface area contributed by atoms with Crippen LogP contribution in [-0.2, 0) is 25.9 Å². The lowest BCUT2D eigenvalue weighted by molar-refractivity contribution is 0.354. The van der Waals surface area contributed by atoms with Crippen molar-refractivity contribution < 1.29 is 9.47 Å². The van der Waals surface area contributed by atoms with Gasteiger partial charge < -0.3 is 14.0 Å². The van der Waals surface area contributed by atoms with Gasteiger partial charge in [-0.1, -0.05) is 39.0 Å². The summed E-state index contributed by atoms with van der Waals surface area (Å²) in [6.07, 6.45) is 2.28. The van der Waals surface area contributed by atoms with Gasteiger partial charge in [-0.15, -0.1) is 0 Å². The molecule has 8 nitrogen and oxygen atoms in total. The van der Waals surface area contributed by atoms with E-state index in [1.807, 2.05) is 58.5 Å². The van der Waals surface area contributed by atoms with E-state index in [1.165, 1.54) is 0 Å². The van der Waals surface area contributed by atoms with Crippen molar-refractivity contribution in [2.45, 2.75) is 53.1 Å². The van der Waals surface area contributed by atoms with E-state index in [0.29, 0.717) is 65.5 Å². The van der Waals surface area contributed by atoms with Crippen molar-refractivity contribution >= 4 is 33.2 Å². The SMILES string of the molecule is CCc1nc2c(c(=O)n1CCC(C)C)c1nc3ccccc3nc1n2CCc1ccc(OC)c(OC)c1. The zero-order valence-electron chi connectivity index (χ0n) is 22.1. The predicted molar refractivity (Wildman–Crippen MR) is 147 cm³/mol. The van der Waals surface area contributed by atoms with Crippen LogP contribution in [0.2, 0.25) is 0 Å². The first-order valence-electron chi connectivity index (χ1n) is 12.8. The van der Waals surface area contributed by atoms with Crippen LogP contribution in [0.15, 0.2) is 47.3 Å². The maximum Gasteiger partial charge on any atom is 0.265 e. The Kier molecular flexibility index (Phi) is 6.82. The first-order chi connectivity index (χ1) is 17.9. The average Bonchev–Trinajstić information content (AvgIpc) is 3.21. The lowest BCUT2D eigenvalue weighted by atomic mass is 10.1. The van der Waals surface area contributed by atoms with Gasteiger partial charge in [-0.2, -0.15) is 0 Å². The van der Waals surface area contributed by atoms with Crippen molar-refractivity contribution in [3.05, 3.63) is 64.2 Å². The molecule has 8 heteroatoms. The molecule has 0 saturated heterocycles. The van der Waals surface area contributed by atoms with E-state index in [9.17, 15) is 4.79 Å². The Balaban J connectivity index is 1.70. The topological polar surface area (TPSA) is 84.1 Å². The van der Waals surface area contributed by atoms with Crippen molar-refractivity contribution in [1.29, 1.82) is 0 Å². The molecule has 2 aromatic carbocycles. The van der Waals surface area contributed by atoms with Crippen LogP contribution in [-0.4, -0.2) is 38.3 Å². The van der Waals surface area contributed by atoms with E-state index < -0.39 is 0 Å². The molecule has 0 aliphatic carbocycles. The fraction of sp³-hybridized carbons (Fsp3) is 0.379. The highest BCUT2D eigenvalue weighted by Crippen LogP contribution is 2.29. The van der Waals surface area contributed by atoms with Crippen LogP contribution in [0.1, 0.15) is 38.6 Å². The van der Waals surface area contributed by atoms with Crippen LogP contribution in [0.5, 0.6) is 11.5 Å². The van der Waals surface area contributed by atoms with Gasteiger partial charge in [0.1, 0.15) is 16.7 Å². The Bertz CT molecular complexity index is 1650. The fourth-order valence-corrected chi connectivity index (χ4v) is 4.81. The molecule has 0 bridgehead atoms. The molecule has 0 aliphatic rings. The van der Waals surface area contributed by atoms with E-state index in [4.69, 9.17) is 24.4 Å². The molecule has 5 rings (SSSR count). The van der Waals surface area contributed by atoms with Gasteiger partial charge in [-0.3, -0.25) is 9.36 Å². The Morgan fingerprint density at radius 2 is 1.59 bits per heavy atom. The zero-order chi connectivity index (χ0) is 26.1. The summed E-state index contributed by atoms with van der Waals surface area (Å²) in [5.41, 5.74) is 4.54. The molecule has 0 fully saturated rings. The number of aromatic nitrogens is 5. The second-order valence-electron chi connectivity index (χ2n) is 9.70. The van der Waals surface area contributed by atoms with Crippen LogP contribution in [0.3, 0.4) is 0 Å². The molecule has 5 aromatic rings. The Hall–Kier alpha value is -3.94. The number of hydrogen-bond donors (Lipinski definition) is 0. The van der Waals surface area contributed by atoms with Crippen molar-refractivity contribution in [2.24, 2.45) is 5.92 Å². The van der Waals surface area contributed by atoms with E-state index >= 15 is 0 Å². The summed E-state index contributed by atoms with van der Waals surface area (Å²) in [7, 11) is 3.26. The molecule has 0 amide bonds. The molecule has 0 saturated carbocycles. The van der Waals surface area contributed by atoms with Crippen molar-refractivity contribution in [1.82, 2.24) is 24.1 Å². The number of para-hydroxylation sites is 2. The first-order valence-corrected chi connectivity index (χ1v) is 12.8. The predicted octanol–water partition coefficient (Wildman–Crippen LogP) is 5.16. The second kappa shape index (κ2) is 10.2. The lowest BCUT2D eigenvalue weighted by Crippen LogP contribution is -2.26. The molecule has 0 N–H and O–H groups in total. The van der Waals surface area contributed by atoms with Crippen LogP contribution in [0.25, 0.3) is 33.2 Å². The molecule has 0 radical (unpaired) electrons. The minimum absolute atomic E-state index is 0.0399. The minimum atomic E-state index is -0.0399. The molecule has 3 aromatic heterocycles. The molecule has 0 spiro atoms. The molecule has 0 aliphatic heterocycles. The van der Waals surface area contributed by atoms with Gasteiger partial charge in [-0.25, -0.2) is 15.0 Å². The highest BCUT2D eigenvalue weighted by atomic mass is 16.5. The van der Waals surface area contributed by atoms with Crippen LogP contribution in [0.4, 0.5) is 0 Å². The molecule has 37 heavy (non-hydrogen) atoms. The Morgan fingerprint density at radius 1 is 0.865 bits per heavy atom. The van der Waals surface area contributed by atoms with E-state index in [0.717, 1.165) is 28.8 Å². The minimum Gasteiger partial charge on any atom is -0.493 e. The summed E-state index contributed by atoms with van der Waals surface area (Å²) in [5, 5.41) is 0.543. The summed E-state index contributed by atoms with van der Waals surface area (Å²) >= 11 is 0. The van der Waals surface area contributed by atoms with E-state index in [1.54, 1.807) is 14.2 Å². The summed E-state index contributed by atoms with van der Waals surface area (Å²) in [6, 6.07) is 13.7. The summed E-state index contributed by atoms with van der Waals surface area (Å²) < 4.78 is 14.8. The van der Waals surface area contributed by atoms with Crippen molar-refractivity contribution in [3.8, 4) is 11.5 Å². The summed E-state index contributed by atoms with van der Waals surface area (Å²) in [5.74, 6) is 2.65. The maximum absolute atomic E-state index is 13.9. The van der Waals surface area contributed by atoms with Gasteiger partial charge in [0.15, 0.2) is 22.8 Å². The smallest absolute Gasteiger partial charge is 0.265 e. The molecule has 192 valence electrons. The Morgan fingerprint density at radius 3 is 2.27 bits per heavy atom. The van der Waals surface area contributed by atoms with Gasteiger partial charge in [0.05, 0.1) is 25.3 Å². The van der Waals surface area contributed by atoms with Crippen LogP contribution in [0, 0.1) is 5.92 Å². The van der Waals surface area contributed by atoms with Crippen LogP contribution < -0.4 is 15.0 Å². The first kappa shape index (κ1) is 24.7. The van der Waals surface area contributed by atoms with Gasteiger partial charge in [0.25, 0.3) is 5.56 Å². The number of rotatable bonds is 9. The van der Waals surface area contributed by atoms with E-state index in [2.05, 4.69) is 13.8 Å². The standard InChI is InChI=1S/C29H33N5O3/c1-6-24-32-27-25(29(35)33(24)15-13-18(2)3)26-28(31-21-10-8-7-9-20(21)30-26)34(27)16-14-19-11-12-22(36-4)23(17-19)37-5/h7-12,17-18H,6,13-16H2,1-5H3. The number of methoxy groups -OCH3 is 2. The van der Waals surface area contributed by atoms with Gasteiger partial charge >= 0.3 is 0 Å². The van der Waals surface area contributed by atoms with Gasteiger partial charge in [0, 0.05) is 19.5 Å². The molecular weight excluding hydrogens is 466 g/mol. The highest BCUT2D eigenvalue weighted by molar-refractivity contribution is 6.04. The van der Waals surface area contributed by atoms with Crippen molar-refractivity contribution in [2.75, 3.05) is 14.2 Å². The Labute approximate surface area is 215 Å². The summed E-state index contributed by atoms with van der Waals surface area (Å²) in [4.78, 5) is 28.8. The monoisotopic (exact) mass is 499 g/mol. The zero-order valence-corrected chi connectivity index (χ0v) is 22.1.